The van der Waals surface area contributed by atoms with E-state index in [9.17, 15) is 13.2 Å². The smallest absolute Gasteiger partial charge is 0.254 e. The SMILES string of the molecule is Cn1cc(-n2ccc3nc(Nc4cc(C(=O)N5CCS(=O)(=O)CC5)cs4)nc(O[C@@H]4CCOC4)c32)cn1. The van der Waals surface area contributed by atoms with Gasteiger partial charge in [0.05, 0.1) is 52.7 Å². The van der Waals surface area contributed by atoms with Gasteiger partial charge < -0.3 is 24.3 Å². The number of aryl methyl sites for hydroxylation is 1. The molecule has 0 bridgehead atoms. The van der Waals surface area contributed by atoms with Gasteiger partial charge in [0.15, 0.2) is 9.84 Å². The molecule has 6 heterocycles. The Bertz CT molecular complexity index is 1560. The number of hydrogen-bond acceptors (Lipinski definition) is 10. The zero-order valence-electron chi connectivity index (χ0n) is 20.0. The number of nitrogens with zero attached hydrogens (tertiary/aromatic N) is 6. The number of carbonyl (C=O) groups is 1. The van der Waals surface area contributed by atoms with E-state index < -0.39 is 9.84 Å². The van der Waals surface area contributed by atoms with Crippen LogP contribution in [0, 0.1) is 0 Å². The van der Waals surface area contributed by atoms with Crippen molar-refractivity contribution in [2.75, 3.05) is 43.1 Å². The quantitative estimate of drug-likeness (QED) is 0.388. The largest absolute Gasteiger partial charge is 0.470 e. The van der Waals surface area contributed by atoms with E-state index in [1.54, 1.807) is 27.2 Å². The van der Waals surface area contributed by atoms with Crippen LogP contribution in [-0.4, -0.2) is 87.5 Å². The number of amides is 1. The van der Waals surface area contributed by atoms with Crippen LogP contribution in [0.2, 0.25) is 0 Å². The molecule has 0 radical (unpaired) electrons. The molecule has 37 heavy (non-hydrogen) atoms. The van der Waals surface area contributed by atoms with E-state index in [0.29, 0.717) is 41.1 Å². The first kappa shape index (κ1) is 23.9. The molecule has 1 amide bonds. The average Bonchev–Trinajstić information content (AvgIpc) is 3.66. The first-order chi connectivity index (χ1) is 17.8. The molecule has 0 saturated carbocycles. The van der Waals surface area contributed by atoms with Crippen molar-refractivity contribution in [3.63, 3.8) is 0 Å². The first-order valence-electron chi connectivity index (χ1n) is 11.8. The minimum absolute atomic E-state index is 0.00462. The Hall–Kier alpha value is -3.49. The van der Waals surface area contributed by atoms with Gasteiger partial charge in [0.1, 0.15) is 11.6 Å². The van der Waals surface area contributed by atoms with Crippen molar-refractivity contribution in [1.82, 2.24) is 29.2 Å². The molecular formula is C23H25N7O5S2. The number of nitrogens with one attached hydrogen (secondary N) is 1. The topological polar surface area (TPSA) is 133 Å². The lowest BCUT2D eigenvalue weighted by Crippen LogP contribution is -2.43. The van der Waals surface area contributed by atoms with Gasteiger partial charge in [-0.15, -0.1) is 11.3 Å². The minimum atomic E-state index is -3.06. The monoisotopic (exact) mass is 543 g/mol. The summed E-state index contributed by atoms with van der Waals surface area (Å²) in [6.07, 6.45) is 6.23. The summed E-state index contributed by atoms with van der Waals surface area (Å²) in [5.41, 5.74) is 2.78. The summed E-state index contributed by atoms with van der Waals surface area (Å²) in [4.78, 5) is 23.8. The third-order valence-corrected chi connectivity index (χ3v) is 8.80. The molecule has 4 aromatic rings. The number of sulfone groups is 1. The molecule has 2 saturated heterocycles. The highest BCUT2D eigenvalue weighted by molar-refractivity contribution is 7.91. The maximum absolute atomic E-state index is 12.9. The molecule has 4 aromatic heterocycles. The lowest BCUT2D eigenvalue weighted by atomic mass is 10.3. The Morgan fingerprint density at radius 1 is 1.27 bits per heavy atom. The van der Waals surface area contributed by atoms with E-state index in [0.717, 1.165) is 17.6 Å². The number of thiophene rings is 1. The predicted molar refractivity (Wildman–Crippen MR) is 138 cm³/mol. The lowest BCUT2D eigenvalue weighted by molar-refractivity contribution is 0.0771. The van der Waals surface area contributed by atoms with Crippen LogP contribution in [0.3, 0.4) is 0 Å². The number of ether oxygens (including phenoxy) is 2. The normalized spacial score (nSPS) is 19.4. The van der Waals surface area contributed by atoms with Gasteiger partial charge in [0.2, 0.25) is 11.8 Å². The summed E-state index contributed by atoms with van der Waals surface area (Å²) in [6, 6.07) is 3.62. The van der Waals surface area contributed by atoms with Crippen LogP contribution < -0.4 is 10.1 Å². The van der Waals surface area contributed by atoms with E-state index in [4.69, 9.17) is 9.47 Å². The molecule has 14 heteroatoms. The summed E-state index contributed by atoms with van der Waals surface area (Å²) in [7, 11) is -1.20. The number of hydrogen-bond donors (Lipinski definition) is 1. The van der Waals surface area contributed by atoms with Crippen LogP contribution in [-0.2, 0) is 21.6 Å². The molecule has 0 unspecified atom stereocenters. The highest BCUT2D eigenvalue weighted by Gasteiger charge is 2.27. The Kier molecular flexibility index (Phi) is 6.09. The van der Waals surface area contributed by atoms with Gasteiger partial charge in [-0.3, -0.25) is 9.48 Å². The maximum Gasteiger partial charge on any atom is 0.254 e. The van der Waals surface area contributed by atoms with Gasteiger partial charge in [-0.25, -0.2) is 13.4 Å². The molecule has 12 nitrogen and oxygen atoms in total. The van der Waals surface area contributed by atoms with Crippen LogP contribution in [0.25, 0.3) is 16.7 Å². The second-order valence-electron chi connectivity index (χ2n) is 9.02. The van der Waals surface area contributed by atoms with E-state index in [2.05, 4.69) is 20.4 Å². The highest BCUT2D eigenvalue weighted by atomic mass is 32.2. The molecule has 0 spiro atoms. The fourth-order valence-corrected chi connectivity index (χ4v) is 6.35. The fourth-order valence-electron chi connectivity index (χ4n) is 4.38. The van der Waals surface area contributed by atoms with Gasteiger partial charge in [-0.05, 0) is 12.1 Å². The first-order valence-corrected chi connectivity index (χ1v) is 14.5. The third kappa shape index (κ3) is 4.91. The zero-order valence-corrected chi connectivity index (χ0v) is 21.7. The Morgan fingerprint density at radius 3 is 2.84 bits per heavy atom. The van der Waals surface area contributed by atoms with Crippen molar-refractivity contribution in [3.05, 3.63) is 41.7 Å². The van der Waals surface area contributed by atoms with Crippen molar-refractivity contribution in [2.45, 2.75) is 12.5 Å². The summed E-state index contributed by atoms with van der Waals surface area (Å²) in [5, 5.41) is 9.90. The molecule has 1 atom stereocenters. The van der Waals surface area contributed by atoms with Crippen LogP contribution in [0.15, 0.2) is 36.1 Å². The van der Waals surface area contributed by atoms with Gasteiger partial charge in [-0.2, -0.15) is 10.1 Å². The average molecular weight is 544 g/mol. The van der Waals surface area contributed by atoms with Gasteiger partial charge in [0, 0.05) is 44.3 Å². The lowest BCUT2D eigenvalue weighted by Gasteiger charge is -2.26. The molecule has 194 valence electrons. The predicted octanol–water partition coefficient (Wildman–Crippen LogP) is 2.00. The van der Waals surface area contributed by atoms with Crippen molar-refractivity contribution in [2.24, 2.45) is 7.05 Å². The molecule has 0 aliphatic carbocycles. The van der Waals surface area contributed by atoms with Crippen molar-refractivity contribution in [3.8, 4) is 11.6 Å². The van der Waals surface area contributed by atoms with Crippen molar-refractivity contribution >= 4 is 49.1 Å². The summed E-state index contributed by atoms with van der Waals surface area (Å²) < 4.78 is 38.8. The molecule has 2 fully saturated rings. The molecule has 2 aliphatic rings. The van der Waals surface area contributed by atoms with Gasteiger partial charge in [0.25, 0.3) is 5.91 Å². The second kappa shape index (κ2) is 9.43. The van der Waals surface area contributed by atoms with Crippen LogP contribution in [0.5, 0.6) is 5.88 Å². The Balaban J connectivity index is 1.27. The van der Waals surface area contributed by atoms with Crippen LogP contribution >= 0.6 is 11.3 Å². The molecule has 6 rings (SSSR count). The van der Waals surface area contributed by atoms with Crippen molar-refractivity contribution < 1.29 is 22.7 Å². The number of fused-ring (bicyclic) bond motifs is 1. The summed E-state index contributed by atoms with van der Waals surface area (Å²) in [6.45, 7) is 1.55. The number of aromatic nitrogens is 5. The van der Waals surface area contributed by atoms with Gasteiger partial charge in [-0.1, -0.05) is 0 Å². The highest BCUT2D eigenvalue weighted by Crippen LogP contribution is 2.32. The number of rotatable bonds is 6. The van der Waals surface area contributed by atoms with E-state index in [1.807, 2.05) is 30.1 Å². The molecule has 1 N–H and O–H groups in total. The molecular weight excluding hydrogens is 518 g/mol. The Labute approximate surface area is 216 Å². The second-order valence-corrected chi connectivity index (χ2v) is 12.2. The van der Waals surface area contributed by atoms with Crippen LogP contribution in [0.4, 0.5) is 10.9 Å². The van der Waals surface area contributed by atoms with Crippen molar-refractivity contribution in [1.29, 1.82) is 0 Å². The van der Waals surface area contributed by atoms with Crippen LogP contribution in [0.1, 0.15) is 16.8 Å². The van der Waals surface area contributed by atoms with Gasteiger partial charge >= 0.3 is 0 Å². The fraction of sp³-hybridized carbons (Fsp3) is 0.391. The molecule has 2 aliphatic heterocycles. The summed E-state index contributed by atoms with van der Waals surface area (Å²) in [5.74, 6) is 0.578. The Morgan fingerprint density at radius 2 is 2.11 bits per heavy atom. The van der Waals surface area contributed by atoms with E-state index in [-0.39, 0.29) is 36.6 Å². The number of anilines is 2. The molecule has 0 aromatic carbocycles. The summed E-state index contributed by atoms with van der Waals surface area (Å²) >= 11 is 1.35. The minimum Gasteiger partial charge on any atom is -0.470 e. The number of carbonyl (C=O) groups excluding carboxylic acids is 1. The third-order valence-electron chi connectivity index (χ3n) is 6.35. The van der Waals surface area contributed by atoms with E-state index >= 15 is 0 Å². The maximum atomic E-state index is 12.9. The zero-order chi connectivity index (χ0) is 25.6. The standard InChI is InChI=1S/C23H25N7O5S2/c1-28-12-16(11-24-28)30-4-2-18-20(30)21(35-17-3-7-34-13-17)27-23(25-18)26-19-10-15(14-36-19)22(31)29-5-8-37(32,33)9-6-29/h2,4,10-12,14,17H,3,5-9,13H2,1H3,(H,25,26,27)/t17-/m1/s1. The van der Waals surface area contributed by atoms with E-state index in [1.165, 1.54) is 11.3 Å².